The predicted octanol–water partition coefficient (Wildman–Crippen LogP) is 5.02. The molecule has 2 bridgehead atoms. The summed E-state index contributed by atoms with van der Waals surface area (Å²) in [6.07, 6.45) is -18.0. The molecule has 0 radical (unpaired) electrons. The molecular weight excluding hydrogens is 766 g/mol. The quantitative estimate of drug-likeness (QED) is 0.253. The first kappa shape index (κ1) is 38.1. The van der Waals surface area contributed by atoms with Crippen LogP contribution >= 0.6 is 11.3 Å². The zero-order valence-corrected chi connectivity index (χ0v) is 30.2. The fraction of sp³-hybridized carbons (Fsp3) is 0.355. The van der Waals surface area contributed by atoms with Crippen LogP contribution in [-0.4, -0.2) is 26.6 Å². The van der Waals surface area contributed by atoms with E-state index < -0.39 is 37.6 Å². The number of fused-ring (bicyclic) bond motifs is 1. The van der Waals surface area contributed by atoms with Crippen LogP contribution in [0.25, 0.3) is 22.4 Å². The number of aryl methyl sites for hydroxylation is 1. The van der Waals surface area contributed by atoms with Gasteiger partial charge in [0.15, 0.2) is 0 Å². The molecule has 3 heterocycles. The van der Waals surface area contributed by atoms with Gasteiger partial charge in [-0.25, -0.2) is 0 Å². The number of hydrogen-bond acceptors (Lipinski definition) is 1. The van der Waals surface area contributed by atoms with E-state index in [1.165, 1.54) is 29.6 Å². The zero-order valence-electron chi connectivity index (χ0n) is 24.4. The third-order valence-electron chi connectivity index (χ3n) is 8.80. The van der Waals surface area contributed by atoms with Crippen LogP contribution < -0.4 is 24.8 Å². The Morgan fingerprint density at radius 2 is 1.29 bits per heavy atom. The number of allylic oxidation sites excluding steroid dienone is 2. The molecule has 14 heteroatoms. The van der Waals surface area contributed by atoms with Gasteiger partial charge in [-0.3, -0.25) is 0 Å². The van der Waals surface area contributed by atoms with E-state index in [1.807, 2.05) is 30.4 Å². The predicted molar refractivity (Wildman–Crippen MR) is 150 cm³/mol. The minimum atomic E-state index is -6.63. The minimum absolute atomic E-state index is 0. The SMILES string of the molecule is CC1=C2c3sc(C)cc3C1[Si]2(C)C.CC1=Cc2c(-c3ccc(C(C(F)(F)F)(C(F)(F)F)C(F)(F)F)cc3)cccc2[CH]1[Zr+2].[Cl-].[Cl-]. The summed E-state index contributed by atoms with van der Waals surface area (Å²) in [5.74, 6) is 0. The molecule has 1 aromatic heterocycles. The Balaban J connectivity index is 0.000000306. The molecule has 2 aromatic carbocycles. The van der Waals surface area contributed by atoms with Gasteiger partial charge in [0.1, 0.15) is 0 Å². The Bertz CT molecular complexity index is 1630. The number of thiophene rings is 1. The van der Waals surface area contributed by atoms with Crippen molar-refractivity contribution in [2.75, 3.05) is 0 Å². The third kappa shape index (κ3) is 5.66. The summed E-state index contributed by atoms with van der Waals surface area (Å²) < 4.78 is 120. The molecule has 2 unspecified atom stereocenters. The standard InChI is InChI=1S/C20H12F9.C11H14SSi.2ClH.Zr/c1-11-9-13-3-2-4-15(16(13)10-11)12-5-7-14(8-6-12)17(18(21,22)23,19(24,25)26)20(27,28)29;1-6-5-8-9(12-6)11-7(2)10(8)13(11,3)4;;;/h2-10H,1H3;5,10H,1-4H3;2*1H;/q;;;;+2/p-2. The Morgan fingerprint density at radius 3 is 1.76 bits per heavy atom. The van der Waals surface area contributed by atoms with E-state index in [1.54, 1.807) is 33.3 Å². The molecule has 2 atom stereocenters. The molecule has 0 amide bonds. The van der Waals surface area contributed by atoms with Crippen molar-refractivity contribution in [2.24, 2.45) is 0 Å². The van der Waals surface area contributed by atoms with Crippen molar-refractivity contribution in [2.45, 2.75) is 67.0 Å². The number of benzene rings is 2. The number of rotatable bonds is 2. The molecule has 0 N–H and O–H groups in total. The van der Waals surface area contributed by atoms with Gasteiger partial charge in [0.25, 0.3) is 0 Å². The van der Waals surface area contributed by atoms with Gasteiger partial charge in [0, 0.05) is 15.3 Å². The van der Waals surface area contributed by atoms with E-state index in [4.69, 9.17) is 0 Å². The second-order valence-corrected chi connectivity index (χ2v) is 19.0. The number of alkyl halides is 9. The van der Waals surface area contributed by atoms with Gasteiger partial charge in [-0.1, -0.05) is 18.7 Å². The minimum Gasteiger partial charge on any atom is -1.00 e. The molecule has 2 aliphatic heterocycles. The van der Waals surface area contributed by atoms with Crippen molar-refractivity contribution >= 4 is 30.7 Å². The van der Waals surface area contributed by atoms with Gasteiger partial charge in [-0.15, -0.1) is 11.3 Å². The van der Waals surface area contributed by atoms with E-state index in [2.05, 4.69) is 33.0 Å². The largest absolute Gasteiger partial charge is 1.00 e. The van der Waals surface area contributed by atoms with E-state index in [-0.39, 0.29) is 46.1 Å². The zero-order chi connectivity index (χ0) is 32.1. The molecule has 4 aliphatic rings. The van der Waals surface area contributed by atoms with Crippen molar-refractivity contribution < 1.29 is 89.0 Å². The molecular formula is C31H26Cl2F9SSiZr. The summed E-state index contributed by atoms with van der Waals surface area (Å²) in [5.41, 5.74) is -0.120. The maximum atomic E-state index is 13.3. The molecule has 3 aromatic rings. The van der Waals surface area contributed by atoms with Crippen molar-refractivity contribution in [3.05, 3.63) is 91.7 Å². The van der Waals surface area contributed by atoms with Gasteiger partial charge >= 0.3 is 181 Å². The van der Waals surface area contributed by atoms with Crippen LogP contribution in [0.3, 0.4) is 0 Å². The van der Waals surface area contributed by atoms with Gasteiger partial charge in [0.05, 0.1) is 8.07 Å². The summed E-state index contributed by atoms with van der Waals surface area (Å²) in [4.78, 5) is 3.14. The van der Waals surface area contributed by atoms with Crippen LogP contribution in [0, 0.1) is 6.92 Å². The van der Waals surface area contributed by atoms with E-state index in [9.17, 15) is 39.5 Å². The Labute approximate surface area is 287 Å². The van der Waals surface area contributed by atoms with Crippen LogP contribution in [0.5, 0.6) is 0 Å². The summed E-state index contributed by atoms with van der Waals surface area (Å²) >= 11 is 3.21. The van der Waals surface area contributed by atoms with Gasteiger partial charge < -0.3 is 24.8 Å². The van der Waals surface area contributed by atoms with Gasteiger partial charge in [0.2, 0.25) is 0 Å². The van der Waals surface area contributed by atoms with Gasteiger partial charge in [-0.2, -0.15) is 0 Å². The molecule has 7 rings (SSSR count). The normalized spacial score (nSPS) is 19.8. The second kappa shape index (κ2) is 12.3. The average molecular weight is 792 g/mol. The molecule has 0 spiro atoms. The average Bonchev–Trinajstić information content (AvgIpc) is 3.50. The molecule has 0 saturated heterocycles. The summed E-state index contributed by atoms with van der Waals surface area (Å²) in [6.45, 7) is 11.5. The molecule has 45 heavy (non-hydrogen) atoms. The summed E-state index contributed by atoms with van der Waals surface area (Å²) in [6, 6.07) is 9.83. The monoisotopic (exact) mass is 789 g/mol. The first-order chi connectivity index (χ1) is 19.7. The van der Waals surface area contributed by atoms with Crippen LogP contribution in [0.1, 0.15) is 55.0 Å². The smallest absolute Gasteiger partial charge is 1.00 e. The topological polar surface area (TPSA) is 0 Å². The van der Waals surface area contributed by atoms with Gasteiger partial charge in [-0.05, 0) is 30.7 Å². The van der Waals surface area contributed by atoms with E-state index in [0.717, 1.165) is 34.4 Å². The van der Waals surface area contributed by atoms with Crippen molar-refractivity contribution in [1.82, 2.24) is 0 Å². The summed E-state index contributed by atoms with van der Waals surface area (Å²) in [5, 5.41) is 1.78. The first-order valence-electron chi connectivity index (χ1n) is 13.3. The second-order valence-electron chi connectivity index (χ2n) is 11.8. The maximum absolute atomic E-state index is 13.3. The van der Waals surface area contributed by atoms with Crippen LogP contribution in [-0.2, 0) is 30.1 Å². The summed E-state index contributed by atoms with van der Waals surface area (Å²) in [7, 11) is -0.995. The first-order valence-corrected chi connectivity index (χ1v) is 18.6. The van der Waals surface area contributed by atoms with Crippen LogP contribution in [0.2, 0.25) is 13.1 Å². The third-order valence-corrected chi connectivity index (χ3v) is 16.1. The molecule has 0 fully saturated rings. The molecule has 2 aliphatic carbocycles. The van der Waals surface area contributed by atoms with Crippen molar-refractivity contribution in [1.29, 1.82) is 0 Å². The van der Waals surface area contributed by atoms with Crippen LogP contribution in [0.4, 0.5) is 39.5 Å². The van der Waals surface area contributed by atoms with E-state index in [0.29, 0.717) is 5.56 Å². The van der Waals surface area contributed by atoms with Crippen molar-refractivity contribution in [3.63, 3.8) is 0 Å². The fourth-order valence-electron chi connectivity index (χ4n) is 6.97. The Morgan fingerprint density at radius 1 is 0.756 bits per heavy atom. The molecule has 0 saturated carbocycles. The van der Waals surface area contributed by atoms with Crippen molar-refractivity contribution in [3.8, 4) is 11.1 Å². The number of hydrogen-bond donors (Lipinski definition) is 0. The maximum Gasteiger partial charge on any atom is -1.00 e. The van der Waals surface area contributed by atoms with E-state index >= 15 is 0 Å². The Kier molecular flexibility index (Phi) is 10.4. The number of halogens is 11. The van der Waals surface area contributed by atoms with Crippen LogP contribution in [0.15, 0.2) is 59.7 Å². The fourth-order valence-corrected chi connectivity index (χ4v) is 14.1. The Hall–Kier alpha value is -1.33. The molecule has 241 valence electrons. The molecule has 0 nitrogen and oxygen atoms in total.